The minimum absolute atomic E-state index is 0.253. The molecular formula is C39H44Br2F2N6O12S2. The second kappa shape index (κ2) is 21.5. The van der Waals surface area contributed by atoms with E-state index in [-0.39, 0.29) is 17.7 Å². The zero-order chi connectivity index (χ0) is 47.7. The summed E-state index contributed by atoms with van der Waals surface area (Å²) in [5, 5.41) is 27.5. The van der Waals surface area contributed by atoms with Crippen molar-refractivity contribution in [2.75, 3.05) is 20.1 Å². The molecule has 0 aliphatic carbocycles. The number of nitro benzene ring substituents is 2. The molecule has 0 saturated carbocycles. The average molecular weight is 1050 g/mol. The van der Waals surface area contributed by atoms with Crippen molar-refractivity contribution in [3.05, 3.63) is 137 Å². The highest BCUT2D eigenvalue weighted by Crippen LogP contribution is 2.29. The van der Waals surface area contributed by atoms with E-state index in [1.54, 1.807) is 41.5 Å². The van der Waals surface area contributed by atoms with Crippen LogP contribution in [0.4, 0.5) is 29.7 Å². The van der Waals surface area contributed by atoms with Crippen LogP contribution in [0.3, 0.4) is 0 Å². The Morgan fingerprint density at radius 2 is 1.10 bits per heavy atom. The van der Waals surface area contributed by atoms with Crippen molar-refractivity contribution in [2.45, 2.75) is 74.6 Å². The summed E-state index contributed by atoms with van der Waals surface area (Å²) in [6.45, 7) is 9.17. The van der Waals surface area contributed by atoms with Crippen LogP contribution in [0.1, 0.15) is 64.8 Å². The number of nitro groups is 2. The van der Waals surface area contributed by atoms with Crippen molar-refractivity contribution in [1.29, 1.82) is 0 Å². The second-order valence-corrected chi connectivity index (χ2v) is 21.0. The number of rotatable bonds is 14. The number of sulfonamides is 2. The summed E-state index contributed by atoms with van der Waals surface area (Å²) in [6.07, 6.45) is -1.68. The number of halogens is 4. The van der Waals surface area contributed by atoms with Gasteiger partial charge < -0.3 is 20.1 Å². The highest BCUT2D eigenvalue weighted by atomic mass is 79.9. The third-order valence-corrected chi connectivity index (χ3v) is 12.2. The average Bonchev–Trinajstić information content (AvgIpc) is 3.14. The van der Waals surface area contributed by atoms with Crippen LogP contribution in [0.2, 0.25) is 0 Å². The van der Waals surface area contributed by atoms with E-state index >= 15 is 0 Å². The van der Waals surface area contributed by atoms with Gasteiger partial charge >= 0.3 is 12.2 Å². The lowest BCUT2D eigenvalue weighted by molar-refractivity contribution is -0.388. The Morgan fingerprint density at radius 1 is 0.698 bits per heavy atom. The van der Waals surface area contributed by atoms with Crippen LogP contribution in [0, 0.1) is 31.9 Å². The van der Waals surface area contributed by atoms with Crippen molar-refractivity contribution in [1.82, 2.24) is 19.7 Å². The molecule has 0 aliphatic heterocycles. The van der Waals surface area contributed by atoms with Crippen molar-refractivity contribution < 1.29 is 54.5 Å². The van der Waals surface area contributed by atoms with Crippen LogP contribution in [-0.2, 0) is 29.5 Å². The Bertz CT molecular complexity index is 2520. The summed E-state index contributed by atoms with van der Waals surface area (Å²) >= 11 is 6.33. The van der Waals surface area contributed by atoms with E-state index in [2.05, 4.69) is 47.2 Å². The number of nitrogens with zero attached hydrogens (tertiary/aromatic N) is 3. The van der Waals surface area contributed by atoms with E-state index in [0.717, 1.165) is 40.7 Å². The normalized spacial score (nSPS) is 12.9. The molecule has 0 spiro atoms. The molecule has 63 heavy (non-hydrogen) atoms. The van der Waals surface area contributed by atoms with E-state index in [1.165, 1.54) is 55.6 Å². The molecule has 0 aromatic heterocycles. The lowest BCUT2D eigenvalue weighted by Crippen LogP contribution is -2.41. The van der Waals surface area contributed by atoms with Crippen LogP contribution in [0.15, 0.2) is 104 Å². The third kappa shape index (κ3) is 16.2. The van der Waals surface area contributed by atoms with Crippen LogP contribution in [0.5, 0.6) is 0 Å². The fraction of sp³-hybridized carbons (Fsp3) is 0.333. The molecule has 0 saturated heterocycles. The molecule has 0 unspecified atom stereocenters. The van der Waals surface area contributed by atoms with Gasteiger partial charge in [-0.25, -0.2) is 39.9 Å². The molecule has 2 amide bonds. The first-order valence-corrected chi connectivity index (χ1v) is 22.8. The molecule has 0 radical (unpaired) electrons. The lowest BCUT2D eigenvalue weighted by atomic mass is 10.1. The molecule has 342 valence electrons. The van der Waals surface area contributed by atoms with E-state index in [4.69, 9.17) is 9.47 Å². The van der Waals surface area contributed by atoms with Crippen LogP contribution in [-0.4, -0.2) is 74.5 Å². The molecule has 0 fully saturated rings. The van der Waals surface area contributed by atoms with Crippen molar-refractivity contribution in [3.8, 4) is 0 Å². The van der Waals surface area contributed by atoms with Gasteiger partial charge in [0.25, 0.3) is 11.4 Å². The van der Waals surface area contributed by atoms with Gasteiger partial charge in [-0.05, 0) is 101 Å². The SMILES string of the molecule is CC(C)(C)OC(=O)N[C@H](CNS(=O)(=O)c1ccccc1[N+](=O)[O-])c1cc(F)cc(Br)c1.CN(C[C@@H](NC(=O)OC(C)(C)C)c1cc(F)cc(Br)c1)S(=O)(=O)c1ccccc1[N+](=O)[O-]. The summed E-state index contributed by atoms with van der Waals surface area (Å²) in [5.74, 6) is -1.21. The molecule has 0 bridgehead atoms. The first-order valence-electron chi connectivity index (χ1n) is 18.3. The molecule has 2 atom stereocenters. The molecule has 18 nitrogen and oxygen atoms in total. The second-order valence-electron chi connectivity index (χ2n) is 15.4. The van der Waals surface area contributed by atoms with E-state index in [0.29, 0.717) is 8.95 Å². The van der Waals surface area contributed by atoms with E-state index in [1.807, 2.05) is 0 Å². The summed E-state index contributed by atoms with van der Waals surface area (Å²) in [6, 6.07) is 15.5. The quantitative estimate of drug-likeness (QED) is 0.0796. The number of nitrogens with one attached hydrogen (secondary N) is 3. The summed E-state index contributed by atoms with van der Waals surface area (Å²) in [5.41, 5.74) is -2.29. The largest absolute Gasteiger partial charge is 0.444 e. The van der Waals surface area contributed by atoms with E-state index < -0.39 is 105 Å². The topological polar surface area (TPSA) is 246 Å². The van der Waals surface area contributed by atoms with Gasteiger partial charge in [0.1, 0.15) is 22.8 Å². The number of benzene rings is 4. The highest BCUT2D eigenvalue weighted by Gasteiger charge is 2.33. The molecule has 0 aliphatic rings. The summed E-state index contributed by atoms with van der Waals surface area (Å²) < 4.78 is 93.7. The Labute approximate surface area is 379 Å². The fourth-order valence-electron chi connectivity index (χ4n) is 5.39. The molecule has 24 heteroatoms. The van der Waals surface area contributed by atoms with Gasteiger partial charge in [0, 0.05) is 41.2 Å². The van der Waals surface area contributed by atoms with Gasteiger partial charge in [-0.1, -0.05) is 56.1 Å². The van der Waals surface area contributed by atoms with Crippen LogP contribution >= 0.6 is 31.9 Å². The highest BCUT2D eigenvalue weighted by molar-refractivity contribution is 9.10. The van der Waals surface area contributed by atoms with Gasteiger partial charge in [-0.3, -0.25) is 20.2 Å². The maximum absolute atomic E-state index is 14.0. The zero-order valence-electron chi connectivity index (χ0n) is 34.7. The molecule has 4 aromatic carbocycles. The standard InChI is InChI=1S/C20H23BrFN3O6S.C19H21BrFN3O6S/c1-20(2,3)31-19(26)23-16(13-9-14(21)11-15(22)10-13)12-24(4)32(29,30)18-8-6-5-7-17(18)25(27)28;1-19(2,3)30-18(25)23-15(12-8-13(20)10-14(21)9-12)11-22-31(28,29)17-7-5-4-6-16(17)24(26)27/h5-11,16H,12H2,1-4H3,(H,23,26);4-10,15,22H,11H2,1-3H3,(H,23,25)/t16-;15-/m11/s1. The summed E-state index contributed by atoms with van der Waals surface area (Å²) in [7, 11) is -7.42. The number of hydrogen-bond acceptors (Lipinski definition) is 12. The molecular weight excluding hydrogens is 1010 g/mol. The van der Waals surface area contributed by atoms with Crippen molar-refractivity contribution in [3.63, 3.8) is 0 Å². The summed E-state index contributed by atoms with van der Waals surface area (Å²) in [4.78, 5) is 44.4. The minimum Gasteiger partial charge on any atom is -0.444 e. The van der Waals surface area contributed by atoms with Gasteiger partial charge in [0.15, 0.2) is 9.79 Å². The number of para-hydroxylation sites is 2. The zero-order valence-corrected chi connectivity index (χ0v) is 39.5. The van der Waals surface area contributed by atoms with E-state index in [9.17, 15) is 55.4 Å². The predicted molar refractivity (Wildman–Crippen MR) is 234 cm³/mol. The number of amides is 2. The first kappa shape index (κ1) is 52.2. The Hall–Kier alpha value is -5.14. The maximum Gasteiger partial charge on any atom is 0.408 e. The third-order valence-electron chi connectivity index (χ3n) is 7.98. The van der Waals surface area contributed by atoms with Gasteiger partial charge in [0.2, 0.25) is 20.0 Å². The van der Waals surface area contributed by atoms with Crippen molar-refractivity contribution >= 4 is 75.5 Å². The minimum atomic E-state index is -4.32. The monoisotopic (exact) mass is 1050 g/mol. The number of ether oxygens (including phenoxy) is 2. The van der Waals surface area contributed by atoms with Gasteiger partial charge in [-0.15, -0.1) is 0 Å². The Morgan fingerprint density at radius 3 is 1.52 bits per heavy atom. The van der Waals surface area contributed by atoms with Crippen molar-refractivity contribution in [2.24, 2.45) is 0 Å². The predicted octanol–water partition coefficient (Wildman–Crippen LogP) is 8.42. The number of carbonyl (C=O) groups is 2. The molecule has 4 aromatic rings. The van der Waals surface area contributed by atoms with Crippen LogP contribution in [0.25, 0.3) is 0 Å². The Kier molecular flexibility index (Phi) is 17.8. The molecule has 0 heterocycles. The number of hydrogen-bond donors (Lipinski definition) is 3. The number of alkyl carbamates (subject to hydrolysis) is 2. The van der Waals surface area contributed by atoms with Crippen LogP contribution < -0.4 is 15.4 Å². The Balaban J connectivity index is 0.000000335. The fourth-order valence-corrected chi connectivity index (χ4v) is 8.92. The number of likely N-dealkylation sites (N-methyl/N-ethyl adjacent to an activating group) is 1. The number of carbonyl (C=O) groups excluding carboxylic acids is 2. The lowest BCUT2D eigenvalue weighted by Gasteiger charge is -2.27. The maximum atomic E-state index is 14.0. The van der Waals surface area contributed by atoms with Gasteiger partial charge in [0.05, 0.1) is 21.9 Å². The first-order chi connectivity index (χ1) is 29.0. The molecule has 3 N–H and O–H groups in total. The molecule has 4 rings (SSSR count). The van der Waals surface area contributed by atoms with Gasteiger partial charge in [-0.2, -0.15) is 4.31 Å². The smallest absolute Gasteiger partial charge is 0.408 e.